The predicted molar refractivity (Wildman–Crippen MR) is 108 cm³/mol. The van der Waals surface area contributed by atoms with E-state index < -0.39 is 6.10 Å². The van der Waals surface area contributed by atoms with Gasteiger partial charge in [0.1, 0.15) is 17.6 Å². The molecule has 1 aliphatic rings. The van der Waals surface area contributed by atoms with Crippen LogP contribution in [0, 0.1) is 28.6 Å². The molecule has 0 spiro atoms. The van der Waals surface area contributed by atoms with Crippen LogP contribution in [0.1, 0.15) is 39.4 Å². The van der Waals surface area contributed by atoms with Crippen LogP contribution in [0.25, 0.3) is 0 Å². The van der Waals surface area contributed by atoms with Crippen molar-refractivity contribution in [2.45, 2.75) is 33.8 Å². The molecular formula is C24H25NO3. The van der Waals surface area contributed by atoms with Crippen LogP contribution in [0.15, 0.2) is 66.2 Å². The standard InChI is InChI=1S/C24H25NO3/c1-16(2)13-20-22(24(20,3)4)23(26)28-21(15-25)17-9-8-12-19(14-17)27-18-10-6-5-7-11-18/h5-14,20-22H,1-4H3/t20-,21?,22-/m1/s1. The molecule has 1 unspecified atom stereocenters. The fourth-order valence-corrected chi connectivity index (χ4v) is 3.52. The number of nitriles is 1. The highest BCUT2D eigenvalue weighted by Gasteiger charge is 2.61. The summed E-state index contributed by atoms with van der Waals surface area (Å²) in [5.41, 5.74) is 1.63. The highest BCUT2D eigenvalue weighted by atomic mass is 16.5. The minimum atomic E-state index is -0.962. The number of nitrogens with zero attached hydrogens (tertiary/aromatic N) is 1. The topological polar surface area (TPSA) is 59.3 Å². The lowest BCUT2D eigenvalue weighted by Crippen LogP contribution is -2.14. The Kier molecular flexibility index (Phi) is 5.56. The van der Waals surface area contributed by atoms with Gasteiger partial charge in [-0.3, -0.25) is 4.79 Å². The molecule has 3 atom stereocenters. The molecule has 3 rings (SSSR count). The van der Waals surface area contributed by atoms with Crippen molar-refractivity contribution < 1.29 is 14.3 Å². The van der Waals surface area contributed by atoms with Crippen molar-refractivity contribution in [2.24, 2.45) is 17.3 Å². The molecule has 2 aromatic carbocycles. The van der Waals surface area contributed by atoms with E-state index in [2.05, 4.69) is 26.0 Å². The molecule has 0 bridgehead atoms. The molecule has 28 heavy (non-hydrogen) atoms. The molecule has 0 aromatic heterocycles. The third kappa shape index (κ3) is 4.26. The van der Waals surface area contributed by atoms with Gasteiger partial charge in [0.05, 0.1) is 5.92 Å². The SMILES string of the molecule is CC(C)=C[C@@H]1[C@H](C(=O)OC(C#N)c2cccc(Oc3ccccc3)c2)C1(C)C. The summed E-state index contributed by atoms with van der Waals surface area (Å²) in [5.74, 6) is 0.899. The van der Waals surface area contributed by atoms with E-state index in [0.717, 1.165) is 0 Å². The van der Waals surface area contributed by atoms with Crippen LogP contribution in [0.3, 0.4) is 0 Å². The minimum absolute atomic E-state index is 0.146. The molecule has 2 aromatic rings. The number of rotatable bonds is 6. The number of allylic oxidation sites excluding steroid dienone is 2. The fourth-order valence-electron chi connectivity index (χ4n) is 3.52. The smallest absolute Gasteiger partial charge is 0.311 e. The second kappa shape index (κ2) is 7.90. The van der Waals surface area contributed by atoms with Gasteiger partial charge in [0, 0.05) is 5.56 Å². The lowest BCUT2D eigenvalue weighted by atomic mass is 10.1. The van der Waals surface area contributed by atoms with E-state index in [-0.39, 0.29) is 23.2 Å². The lowest BCUT2D eigenvalue weighted by Gasteiger charge is -2.13. The summed E-state index contributed by atoms with van der Waals surface area (Å²) >= 11 is 0. The van der Waals surface area contributed by atoms with Crippen molar-refractivity contribution in [2.75, 3.05) is 0 Å². The zero-order valence-corrected chi connectivity index (χ0v) is 16.7. The first-order valence-electron chi connectivity index (χ1n) is 9.41. The number of ether oxygens (including phenoxy) is 2. The minimum Gasteiger partial charge on any atom is -0.457 e. The Bertz CT molecular complexity index is 920. The number of hydrogen-bond acceptors (Lipinski definition) is 4. The second-order valence-corrected chi connectivity index (χ2v) is 8.00. The molecule has 1 saturated carbocycles. The van der Waals surface area contributed by atoms with Crippen molar-refractivity contribution in [1.82, 2.24) is 0 Å². The number of carbonyl (C=O) groups is 1. The normalized spacial score (nSPS) is 20.4. The van der Waals surface area contributed by atoms with Crippen molar-refractivity contribution in [3.8, 4) is 17.6 Å². The van der Waals surface area contributed by atoms with Crippen molar-refractivity contribution in [1.29, 1.82) is 5.26 Å². The van der Waals surface area contributed by atoms with Gasteiger partial charge in [0.25, 0.3) is 0 Å². The fraction of sp³-hybridized carbons (Fsp3) is 0.333. The first kappa shape index (κ1) is 19.7. The zero-order valence-electron chi connectivity index (χ0n) is 16.7. The van der Waals surface area contributed by atoms with Gasteiger partial charge in [-0.1, -0.05) is 55.8 Å². The summed E-state index contributed by atoms with van der Waals surface area (Å²) < 4.78 is 11.4. The molecule has 0 N–H and O–H groups in total. The van der Waals surface area contributed by atoms with E-state index >= 15 is 0 Å². The van der Waals surface area contributed by atoms with Gasteiger partial charge in [-0.2, -0.15) is 5.26 Å². The van der Waals surface area contributed by atoms with Crippen molar-refractivity contribution in [3.05, 3.63) is 71.8 Å². The van der Waals surface area contributed by atoms with E-state index in [1.54, 1.807) is 18.2 Å². The third-order valence-corrected chi connectivity index (χ3v) is 5.17. The van der Waals surface area contributed by atoms with Crippen LogP contribution in [-0.2, 0) is 9.53 Å². The molecule has 4 heteroatoms. The van der Waals surface area contributed by atoms with E-state index in [9.17, 15) is 10.1 Å². The number of benzene rings is 2. The van der Waals surface area contributed by atoms with Crippen LogP contribution in [0.5, 0.6) is 11.5 Å². The zero-order chi connectivity index (χ0) is 20.3. The monoisotopic (exact) mass is 375 g/mol. The first-order valence-corrected chi connectivity index (χ1v) is 9.41. The van der Waals surface area contributed by atoms with Crippen molar-refractivity contribution in [3.63, 3.8) is 0 Å². The van der Waals surface area contributed by atoms with Crippen LogP contribution in [0.2, 0.25) is 0 Å². The van der Waals surface area contributed by atoms with Crippen molar-refractivity contribution >= 4 is 5.97 Å². The Hall–Kier alpha value is -3.06. The molecular weight excluding hydrogens is 350 g/mol. The number of esters is 1. The van der Waals surface area contributed by atoms with Gasteiger partial charge in [0.2, 0.25) is 6.10 Å². The highest BCUT2D eigenvalue weighted by molar-refractivity contribution is 5.78. The van der Waals surface area contributed by atoms with Crippen LogP contribution in [0.4, 0.5) is 0 Å². The Morgan fingerprint density at radius 1 is 1.11 bits per heavy atom. The Labute approximate surface area is 166 Å². The van der Waals surface area contributed by atoms with Gasteiger partial charge in [-0.25, -0.2) is 0 Å². The summed E-state index contributed by atoms with van der Waals surface area (Å²) in [7, 11) is 0. The third-order valence-electron chi connectivity index (χ3n) is 5.17. The Morgan fingerprint density at radius 2 is 1.79 bits per heavy atom. The number of para-hydroxylation sites is 1. The lowest BCUT2D eigenvalue weighted by molar-refractivity contribution is -0.149. The molecule has 0 aliphatic heterocycles. The van der Waals surface area contributed by atoms with Crippen LogP contribution < -0.4 is 4.74 Å². The van der Waals surface area contributed by atoms with E-state index in [1.165, 1.54) is 5.57 Å². The summed E-state index contributed by atoms with van der Waals surface area (Å²) in [6.07, 6.45) is 1.15. The molecule has 1 aliphatic carbocycles. The molecule has 4 nitrogen and oxygen atoms in total. The largest absolute Gasteiger partial charge is 0.457 e. The molecule has 0 heterocycles. The second-order valence-electron chi connectivity index (χ2n) is 8.00. The van der Waals surface area contributed by atoms with E-state index in [1.807, 2.05) is 50.2 Å². The molecule has 0 amide bonds. The van der Waals surface area contributed by atoms with Gasteiger partial charge < -0.3 is 9.47 Å². The van der Waals surface area contributed by atoms with Crippen LogP contribution in [-0.4, -0.2) is 5.97 Å². The van der Waals surface area contributed by atoms with E-state index in [0.29, 0.717) is 17.1 Å². The van der Waals surface area contributed by atoms with Gasteiger partial charge in [0.15, 0.2) is 0 Å². The van der Waals surface area contributed by atoms with E-state index in [4.69, 9.17) is 9.47 Å². The maximum absolute atomic E-state index is 12.7. The van der Waals surface area contributed by atoms with Gasteiger partial charge in [-0.15, -0.1) is 0 Å². The quantitative estimate of drug-likeness (QED) is 0.471. The molecule has 144 valence electrons. The maximum atomic E-state index is 12.7. The number of hydrogen-bond donors (Lipinski definition) is 0. The summed E-state index contributed by atoms with van der Waals surface area (Å²) in [6, 6.07) is 18.6. The Balaban J connectivity index is 1.72. The predicted octanol–water partition coefficient (Wildman–Crippen LogP) is 5.83. The summed E-state index contributed by atoms with van der Waals surface area (Å²) in [5, 5.41) is 9.57. The maximum Gasteiger partial charge on any atom is 0.311 e. The first-order chi connectivity index (χ1) is 13.3. The van der Waals surface area contributed by atoms with Gasteiger partial charge >= 0.3 is 5.97 Å². The average Bonchev–Trinajstić information content (AvgIpc) is 3.20. The number of carbonyl (C=O) groups excluding carboxylic acids is 1. The summed E-state index contributed by atoms with van der Waals surface area (Å²) in [4.78, 5) is 12.7. The van der Waals surface area contributed by atoms with Crippen LogP contribution >= 0.6 is 0 Å². The average molecular weight is 375 g/mol. The highest BCUT2D eigenvalue weighted by Crippen LogP contribution is 2.60. The van der Waals surface area contributed by atoms with Gasteiger partial charge in [-0.05, 0) is 49.4 Å². The Morgan fingerprint density at radius 3 is 2.43 bits per heavy atom. The summed E-state index contributed by atoms with van der Waals surface area (Å²) in [6.45, 7) is 8.15. The molecule has 0 radical (unpaired) electrons. The molecule has 1 fully saturated rings. The molecule has 0 saturated heterocycles.